The van der Waals surface area contributed by atoms with E-state index in [4.69, 9.17) is 0 Å². The number of pyridine rings is 1. The summed E-state index contributed by atoms with van der Waals surface area (Å²) in [5.41, 5.74) is 3.38. The Morgan fingerprint density at radius 1 is 1.00 bits per heavy atom. The van der Waals surface area contributed by atoms with Gasteiger partial charge in [0.2, 0.25) is 0 Å². The zero-order chi connectivity index (χ0) is 11.0. The van der Waals surface area contributed by atoms with Crippen molar-refractivity contribution < 1.29 is 4.79 Å². The molecule has 0 saturated carbocycles. The van der Waals surface area contributed by atoms with E-state index in [9.17, 15) is 4.79 Å². The highest BCUT2D eigenvalue weighted by molar-refractivity contribution is 6.37. The molecular formula is C14H9NO. The average molecular weight is 207 g/mol. The third kappa shape index (κ3) is 1.27. The van der Waals surface area contributed by atoms with Crippen LogP contribution in [0, 0.1) is 0 Å². The minimum absolute atomic E-state index is 0.0867. The Balaban J connectivity index is 2.13. The molecule has 2 heteroatoms. The van der Waals surface area contributed by atoms with E-state index in [0.717, 1.165) is 22.3 Å². The fraction of sp³-hybridized carbons (Fsp3) is 0. The van der Waals surface area contributed by atoms with Crippen LogP contribution in [0.25, 0.3) is 11.6 Å². The number of Topliss-reactive ketones (excluding diaryl/α,β-unsaturated/α-hetero) is 1. The van der Waals surface area contributed by atoms with Crippen LogP contribution in [0.4, 0.5) is 0 Å². The van der Waals surface area contributed by atoms with E-state index >= 15 is 0 Å². The predicted molar refractivity (Wildman–Crippen MR) is 62.9 cm³/mol. The minimum atomic E-state index is 0.0867. The average Bonchev–Trinajstić information content (AvgIpc) is 2.69. The topological polar surface area (TPSA) is 30.0 Å². The second kappa shape index (κ2) is 3.42. The number of carbonyl (C=O) groups is 1. The molecule has 2 nitrogen and oxygen atoms in total. The Kier molecular flexibility index (Phi) is 1.93. The molecule has 0 atom stereocenters. The molecule has 2 aromatic rings. The number of fused-ring (bicyclic) bond motifs is 1. The fourth-order valence-corrected chi connectivity index (χ4v) is 1.93. The van der Waals surface area contributed by atoms with Gasteiger partial charge in [-0.25, -0.2) is 0 Å². The standard InChI is InChI=1S/C14H9NO/c16-14-12-6-2-1-4-10(12)8-13(14)11-5-3-7-15-9-11/h1-9H. The van der Waals surface area contributed by atoms with Gasteiger partial charge in [0.1, 0.15) is 0 Å². The highest BCUT2D eigenvalue weighted by atomic mass is 16.1. The summed E-state index contributed by atoms with van der Waals surface area (Å²) in [4.78, 5) is 16.1. The fourth-order valence-electron chi connectivity index (χ4n) is 1.93. The summed E-state index contributed by atoms with van der Waals surface area (Å²) in [6.07, 6.45) is 5.35. The first kappa shape index (κ1) is 9.04. The molecule has 3 rings (SSSR count). The highest BCUT2D eigenvalue weighted by Crippen LogP contribution is 2.30. The molecule has 76 valence electrons. The number of benzene rings is 1. The molecule has 0 fully saturated rings. The lowest BCUT2D eigenvalue weighted by Crippen LogP contribution is -1.97. The Hall–Kier alpha value is -2.22. The number of hydrogen-bond donors (Lipinski definition) is 0. The Morgan fingerprint density at radius 2 is 1.88 bits per heavy atom. The maximum absolute atomic E-state index is 12.1. The molecule has 0 saturated heterocycles. The van der Waals surface area contributed by atoms with Crippen molar-refractivity contribution in [2.24, 2.45) is 0 Å². The molecule has 0 unspecified atom stereocenters. The lowest BCUT2D eigenvalue weighted by atomic mass is 10.0. The molecule has 1 aromatic heterocycles. The van der Waals surface area contributed by atoms with Crippen molar-refractivity contribution in [1.29, 1.82) is 0 Å². The molecule has 0 N–H and O–H groups in total. The third-order valence-electron chi connectivity index (χ3n) is 2.72. The van der Waals surface area contributed by atoms with Gasteiger partial charge < -0.3 is 0 Å². The quantitative estimate of drug-likeness (QED) is 0.719. The van der Waals surface area contributed by atoms with E-state index < -0.39 is 0 Å². The van der Waals surface area contributed by atoms with Gasteiger partial charge in [0.05, 0.1) is 0 Å². The summed E-state index contributed by atoms with van der Waals surface area (Å²) < 4.78 is 0. The van der Waals surface area contributed by atoms with Gasteiger partial charge in [0.25, 0.3) is 0 Å². The van der Waals surface area contributed by atoms with Gasteiger partial charge >= 0.3 is 0 Å². The minimum Gasteiger partial charge on any atom is -0.289 e. The van der Waals surface area contributed by atoms with E-state index in [1.807, 2.05) is 42.5 Å². The van der Waals surface area contributed by atoms with Crippen molar-refractivity contribution in [3.05, 3.63) is 65.5 Å². The van der Waals surface area contributed by atoms with Crippen LogP contribution >= 0.6 is 0 Å². The smallest absolute Gasteiger partial charge is 0.194 e. The van der Waals surface area contributed by atoms with E-state index in [0.29, 0.717) is 0 Å². The highest BCUT2D eigenvalue weighted by Gasteiger charge is 2.22. The summed E-state index contributed by atoms with van der Waals surface area (Å²) in [5, 5.41) is 0. The van der Waals surface area contributed by atoms with Gasteiger partial charge in [-0.2, -0.15) is 0 Å². The van der Waals surface area contributed by atoms with Gasteiger partial charge in [-0.05, 0) is 17.7 Å². The summed E-state index contributed by atoms with van der Waals surface area (Å²) in [6, 6.07) is 11.4. The van der Waals surface area contributed by atoms with Gasteiger partial charge in [0.15, 0.2) is 5.78 Å². The summed E-state index contributed by atoms with van der Waals surface area (Å²) in [5.74, 6) is 0.0867. The van der Waals surface area contributed by atoms with Crippen LogP contribution in [-0.2, 0) is 0 Å². The summed E-state index contributed by atoms with van der Waals surface area (Å²) in [6.45, 7) is 0. The molecule has 0 bridgehead atoms. The molecule has 16 heavy (non-hydrogen) atoms. The van der Waals surface area contributed by atoms with Gasteiger partial charge in [-0.1, -0.05) is 30.3 Å². The van der Waals surface area contributed by atoms with Crippen molar-refractivity contribution in [1.82, 2.24) is 4.98 Å². The summed E-state index contributed by atoms with van der Waals surface area (Å²) in [7, 11) is 0. The molecule has 1 heterocycles. The first-order chi connectivity index (χ1) is 7.86. The zero-order valence-electron chi connectivity index (χ0n) is 8.55. The van der Waals surface area contributed by atoms with Crippen molar-refractivity contribution in [2.75, 3.05) is 0 Å². The van der Waals surface area contributed by atoms with Crippen molar-refractivity contribution >= 4 is 17.4 Å². The maximum atomic E-state index is 12.1. The molecule has 0 spiro atoms. The van der Waals surface area contributed by atoms with Gasteiger partial charge in [-0.15, -0.1) is 0 Å². The Labute approximate surface area is 93.3 Å². The number of nitrogens with zero attached hydrogens (tertiary/aromatic N) is 1. The van der Waals surface area contributed by atoms with Crippen LogP contribution < -0.4 is 0 Å². The normalized spacial score (nSPS) is 13.5. The van der Waals surface area contributed by atoms with Crippen molar-refractivity contribution in [2.45, 2.75) is 0 Å². The summed E-state index contributed by atoms with van der Waals surface area (Å²) >= 11 is 0. The molecule has 1 aliphatic carbocycles. The van der Waals surface area contributed by atoms with E-state index in [1.54, 1.807) is 12.4 Å². The number of rotatable bonds is 1. The van der Waals surface area contributed by atoms with Crippen LogP contribution in [0.5, 0.6) is 0 Å². The van der Waals surface area contributed by atoms with Crippen LogP contribution in [0.1, 0.15) is 21.5 Å². The predicted octanol–water partition coefficient (Wildman–Crippen LogP) is 2.82. The lowest BCUT2D eigenvalue weighted by Gasteiger charge is -1.99. The number of carbonyl (C=O) groups excluding carboxylic acids is 1. The Morgan fingerprint density at radius 3 is 2.62 bits per heavy atom. The van der Waals surface area contributed by atoms with Gasteiger partial charge in [0, 0.05) is 29.1 Å². The van der Waals surface area contributed by atoms with E-state index in [2.05, 4.69) is 4.98 Å². The lowest BCUT2D eigenvalue weighted by molar-refractivity contribution is 0.105. The molecule has 1 aromatic carbocycles. The largest absolute Gasteiger partial charge is 0.289 e. The number of allylic oxidation sites excluding steroid dienone is 1. The number of ketones is 1. The van der Waals surface area contributed by atoms with Crippen LogP contribution in [0.15, 0.2) is 48.8 Å². The van der Waals surface area contributed by atoms with Crippen molar-refractivity contribution in [3.63, 3.8) is 0 Å². The van der Waals surface area contributed by atoms with E-state index in [-0.39, 0.29) is 5.78 Å². The van der Waals surface area contributed by atoms with Crippen LogP contribution in [-0.4, -0.2) is 10.8 Å². The van der Waals surface area contributed by atoms with Crippen LogP contribution in [0.3, 0.4) is 0 Å². The molecule has 0 aliphatic heterocycles. The first-order valence-electron chi connectivity index (χ1n) is 5.12. The second-order valence-electron chi connectivity index (χ2n) is 3.72. The number of aromatic nitrogens is 1. The first-order valence-corrected chi connectivity index (χ1v) is 5.12. The number of hydrogen-bond acceptors (Lipinski definition) is 2. The van der Waals surface area contributed by atoms with Crippen LogP contribution in [0.2, 0.25) is 0 Å². The molecule has 0 radical (unpaired) electrons. The van der Waals surface area contributed by atoms with E-state index in [1.165, 1.54) is 0 Å². The molecular weight excluding hydrogens is 198 g/mol. The Bertz CT molecular complexity index is 585. The second-order valence-corrected chi connectivity index (χ2v) is 3.72. The maximum Gasteiger partial charge on any atom is 0.194 e. The van der Waals surface area contributed by atoms with Crippen molar-refractivity contribution in [3.8, 4) is 0 Å². The SMILES string of the molecule is O=C1C(c2cccnc2)=Cc2ccccc21. The molecule has 1 aliphatic rings. The third-order valence-corrected chi connectivity index (χ3v) is 2.72. The van der Waals surface area contributed by atoms with Gasteiger partial charge in [-0.3, -0.25) is 9.78 Å². The zero-order valence-corrected chi connectivity index (χ0v) is 8.55. The monoisotopic (exact) mass is 207 g/mol. The molecule has 0 amide bonds.